The SMILES string of the molecule is NC(=NO)C1CCCN(Cc2ccc(F)cc2F)C1. The fourth-order valence-electron chi connectivity index (χ4n) is 2.41. The van der Waals surface area contributed by atoms with Gasteiger partial charge in [-0.15, -0.1) is 0 Å². The summed E-state index contributed by atoms with van der Waals surface area (Å²) in [6.45, 7) is 1.85. The van der Waals surface area contributed by atoms with E-state index < -0.39 is 11.6 Å². The molecule has 1 atom stereocenters. The molecule has 4 nitrogen and oxygen atoms in total. The van der Waals surface area contributed by atoms with Gasteiger partial charge in [-0.2, -0.15) is 0 Å². The topological polar surface area (TPSA) is 61.9 Å². The molecule has 3 N–H and O–H groups in total. The molecule has 0 spiro atoms. The van der Waals surface area contributed by atoms with Crippen molar-refractivity contribution in [2.24, 2.45) is 16.8 Å². The normalized spacial score (nSPS) is 21.6. The fraction of sp³-hybridized carbons (Fsp3) is 0.462. The highest BCUT2D eigenvalue weighted by Crippen LogP contribution is 2.20. The molecule has 1 aliphatic rings. The number of likely N-dealkylation sites (tertiary alicyclic amines) is 1. The summed E-state index contributed by atoms with van der Waals surface area (Å²) in [6.07, 6.45) is 1.77. The quantitative estimate of drug-likeness (QED) is 0.381. The standard InChI is InChI=1S/C13H17F2N3O/c14-11-4-3-9(12(15)6-11)7-18-5-1-2-10(8-18)13(16)17-19/h3-4,6,10,19H,1-2,5,7-8H2,(H2,16,17). The lowest BCUT2D eigenvalue weighted by molar-refractivity contribution is 0.190. The van der Waals surface area contributed by atoms with Gasteiger partial charge in [-0.3, -0.25) is 4.90 Å². The molecule has 0 bridgehead atoms. The number of halogens is 2. The summed E-state index contributed by atoms with van der Waals surface area (Å²) in [5, 5.41) is 11.7. The van der Waals surface area contributed by atoms with Crippen LogP contribution in [-0.2, 0) is 6.54 Å². The minimum Gasteiger partial charge on any atom is -0.409 e. The molecule has 1 aromatic carbocycles. The Morgan fingerprint density at radius 1 is 1.47 bits per heavy atom. The van der Waals surface area contributed by atoms with E-state index in [1.54, 1.807) is 0 Å². The number of piperidine rings is 1. The van der Waals surface area contributed by atoms with Crippen LogP contribution in [0.1, 0.15) is 18.4 Å². The van der Waals surface area contributed by atoms with E-state index in [-0.39, 0.29) is 11.8 Å². The molecule has 1 heterocycles. The lowest BCUT2D eigenvalue weighted by Gasteiger charge is -2.32. The van der Waals surface area contributed by atoms with Gasteiger partial charge in [-0.25, -0.2) is 8.78 Å². The van der Waals surface area contributed by atoms with Crippen molar-refractivity contribution in [2.45, 2.75) is 19.4 Å². The average Bonchev–Trinajstić information content (AvgIpc) is 2.41. The summed E-state index contributed by atoms with van der Waals surface area (Å²) in [5.41, 5.74) is 6.06. The van der Waals surface area contributed by atoms with E-state index in [0.717, 1.165) is 25.5 Å². The molecule has 2 rings (SSSR count). The highest BCUT2D eigenvalue weighted by molar-refractivity contribution is 5.82. The van der Waals surface area contributed by atoms with Crippen LogP contribution in [0.3, 0.4) is 0 Å². The number of benzene rings is 1. The van der Waals surface area contributed by atoms with Gasteiger partial charge in [-0.1, -0.05) is 11.2 Å². The first-order valence-corrected chi connectivity index (χ1v) is 6.24. The smallest absolute Gasteiger partial charge is 0.143 e. The van der Waals surface area contributed by atoms with Gasteiger partial charge in [0.25, 0.3) is 0 Å². The van der Waals surface area contributed by atoms with Crippen LogP contribution >= 0.6 is 0 Å². The molecule has 1 unspecified atom stereocenters. The Hall–Kier alpha value is -1.69. The minimum atomic E-state index is -0.575. The molecule has 1 saturated heterocycles. The molecular formula is C13H17F2N3O. The van der Waals surface area contributed by atoms with Crippen LogP contribution in [0.25, 0.3) is 0 Å². The van der Waals surface area contributed by atoms with Crippen molar-refractivity contribution in [1.29, 1.82) is 0 Å². The highest BCUT2D eigenvalue weighted by atomic mass is 19.1. The zero-order valence-electron chi connectivity index (χ0n) is 10.5. The lowest BCUT2D eigenvalue weighted by atomic mass is 9.96. The number of nitrogens with zero attached hydrogens (tertiary/aromatic N) is 2. The number of hydrogen-bond acceptors (Lipinski definition) is 3. The van der Waals surface area contributed by atoms with Crippen LogP contribution in [0.15, 0.2) is 23.4 Å². The van der Waals surface area contributed by atoms with E-state index in [2.05, 4.69) is 5.16 Å². The molecule has 6 heteroatoms. The van der Waals surface area contributed by atoms with E-state index in [1.165, 1.54) is 12.1 Å². The summed E-state index contributed by atoms with van der Waals surface area (Å²) in [7, 11) is 0. The first kappa shape index (κ1) is 13.7. The second-order valence-corrected chi connectivity index (χ2v) is 4.83. The number of amidine groups is 1. The highest BCUT2D eigenvalue weighted by Gasteiger charge is 2.23. The van der Waals surface area contributed by atoms with Gasteiger partial charge in [0.1, 0.15) is 17.5 Å². The van der Waals surface area contributed by atoms with Crippen molar-refractivity contribution < 1.29 is 14.0 Å². The molecular weight excluding hydrogens is 252 g/mol. The van der Waals surface area contributed by atoms with Crippen molar-refractivity contribution in [3.05, 3.63) is 35.4 Å². The Bertz CT molecular complexity index is 479. The number of nitrogens with two attached hydrogens (primary N) is 1. The van der Waals surface area contributed by atoms with Crippen LogP contribution in [0.2, 0.25) is 0 Å². The summed E-state index contributed by atoms with van der Waals surface area (Å²) in [6, 6.07) is 3.60. The van der Waals surface area contributed by atoms with Crippen molar-refractivity contribution >= 4 is 5.84 Å². The van der Waals surface area contributed by atoms with E-state index in [0.29, 0.717) is 18.7 Å². The summed E-state index contributed by atoms with van der Waals surface area (Å²) in [4.78, 5) is 2.03. The van der Waals surface area contributed by atoms with E-state index >= 15 is 0 Å². The Labute approximate surface area is 110 Å². The van der Waals surface area contributed by atoms with Gasteiger partial charge in [0.15, 0.2) is 0 Å². The Morgan fingerprint density at radius 3 is 2.95 bits per heavy atom. The zero-order chi connectivity index (χ0) is 13.8. The van der Waals surface area contributed by atoms with Crippen LogP contribution < -0.4 is 5.73 Å². The van der Waals surface area contributed by atoms with Crippen molar-refractivity contribution in [1.82, 2.24) is 4.90 Å². The van der Waals surface area contributed by atoms with Crippen molar-refractivity contribution in [2.75, 3.05) is 13.1 Å². The fourth-order valence-corrected chi connectivity index (χ4v) is 2.41. The number of oxime groups is 1. The van der Waals surface area contributed by atoms with Crippen LogP contribution in [0, 0.1) is 17.6 Å². The summed E-state index contributed by atoms with van der Waals surface area (Å²) in [5.74, 6) is -0.910. The van der Waals surface area contributed by atoms with E-state index in [4.69, 9.17) is 10.9 Å². The van der Waals surface area contributed by atoms with Gasteiger partial charge in [0, 0.05) is 30.6 Å². The van der Waals surface area contributed by atoms with Gasteiger partial charge in [0.05, 0.1) is 0 Å². The largest absolute Gasteiger partial charge is 0.409 e. The number of hydrogen-bond donors (Lipinski definition) is 2. The van der Waals surface area contributed by atoms with Crippen LogP contribution in [0.4, 0.5) is 8.78 Å². The molecule has 0 saturated carbocycles. The Kier molecular flexibility index (Phi) is 4.31. The maximum absolute atomic E-state index is 13.6. The molecule has 19 heavy (non-hydrogen) atoms. The Morgan fingerprint density at radius 2 is 2.26 bits per heavy atom. The molecule has 0 radical (unpaired) electrons. The minimum absolute atomic E-state index is 0.0118. The maximum atomic E-state index is 13.6. The van der Waals surface area contributed by atoms with Gasteiger partial charge in [-0.05, 0) is 25.5 Å². The molecule has 0 aliphatic carbocycles. The van der Waals surface area contributed by atoms with Crippen molar-refractivity contribution in [3.8, 4) is 0 Å². The third-order valence-electron chi connectivity index (χ3n) is 3.45. The predicted molar refractivity (Wildman–Crippen MR) is 67.8 cm³/mol. The summed E-state index contributed by atoms with van der Waals surface area (Å²) >= 11 is 0. The van der Waals surface area contributed by atoms with Crippen LogP contribution in [0.5, 0.6) is 0 Å². The van der Waals surface area contributed by atoms with Gasteiger partial charge >= 0.3 is 0 Å². The first-order valence-electron chi connectivity index (χ1n) is 6.24. The van der Waals surface area contributed by atoms with Crippen molar-refractivity contribution in [3.63, 3.8) is 0 Å². The molecule has 0 aromatic heterocycles. The maximum Gasteiger partial charge on any atom is 0.143 e. The zero-order valence-corrected chi connectivity index (χ0v) is 10.5. The third kappa shape index (κ3) is 3.41. The summed E-state index contributed by atoms with van der Waals surface area (Å²) < 4.78 is 26.4. The molecule has 1 fully saturated rings. The number of rotatable bonds is 3. The van der Waals surface area contributed by atoms with E-state index in [9.17, 15) is 8.78 Å². The van der Waals surface area contributed by atoms with E-state index in [1.807, 2.05) is 4.90 Å². The third-order valence-corrected chi connectivity index (χ3v) is 3.45. The molecule has 1 aromatic rings. The lowest BCUT2D eigenvalue weighted by Crippen LogP contribution is -2.40. The van der Waals surface area contributed by atoms with Gasteiger partial charge in [0.2, 0.25) is 0 Å². The average molecular weight is 269 g/mol. The Balaban J connectivity index is 2.02. The second-order valence-electron chi connectivity index (χ2n) is 4.83. The predicted octanol–water partition coefficient (Wildman–Crippen LogP) is 1.92. The monoisotopic (exact) mass is 269 g/mol. The molecule has 104 valence electrons. The molecule has 0 amide bonds. The first-order chi connectivity index (χ1) is 9.10. The second kappa shape index (κ2) is 5.97. The van der Waals surface area contributed by atoms with Crippen LogP contribution in [-0.4, -0.2) is 29.0 Å². The van der Waals surface area contributed by atoms with Gasteiger partial charge < -0.3 is 10.9 Å². The molecule has 1 aliphatic heterocycles.